The third-order valence-corrected chi connectivity index (χ3v) is 8.18. The predicted molar refractivity (Wildman–Crippen MR) is 139 cm³/mol. The van der Waals surface area contributed by atoms with E-state index in [1.807, 2.05) is 0 Å². The molecule has 0 radical (unpaired) electrons. The molecule has 1 aromatic heterocycles. The van der Waals surface area contributed by atoms with Gasteiger partial charge in [-0.3, -0.25) is 0 Å². The van der Waals surface area contributed by atoms with Gasteiger partial charge in [0.1, 0.15) is 6.33 Å². The van der Waals surface area contributed by atoms with Crippen molar-refractivity contribution in [1.29, 1.82) is 0 Å². The Morgan fingerprint density at radius 2 is 1.56 bits per heavy atom. The van der Waals surface area contributed by atoms with E-state index in [-0.39, 0.29) is 11.0 Å². The maximum Gasteiger partial charge on any atom is 0.230 e. The van der Waals surface area contributed by atoms with Crippen LogP contribution in [0.3, 0.4) is 0 Å². The molecule has 2 aromatic carbocycles. The second-order valence-corrected chi connectivity index (χ2v) is 10.8. The molecule has 0 N–H and O–H groups in total. The molecule has 5 rings (SSSR count). The van der Waals surface area contributed by atoms with Crippen LogP contribution < -0.4 is 9.80 Å². The summed E-state index contributed by atoms with van der Waals surface area (Å²) in [7, 11) is 2.18. The first-order valence-corrected chi connectivity index (χ1v) is 12.8. The highest BCUT2D eigenvalue weighted by molar-refractivity contribution is 5.45. The lowest BCUT2D eigenvalue weighted by Crippen LogP contribution is -2.52. The molecule has 0 bridgehead atoms. The van der Waals surface area contributed by atoms with Crippen molar-refractivity contribution in [3.63, 3.8) is 0 Å². The largest absolute Gasteiger partial charge is 0.341 e. The van der Waals surface area contributed by atoms with E-state index in [1.165, 1.54) is 30.4 Å². The third-order valence-electron chi connectivity index (χ3n) is 8.18. The smallest absolute Gasteiger partial charge is 0.230 e. The van der Waals surface area contributed by atoms with Crippen LogP contribution in [0.1, 0.15) is 69.4 Å². The monoisotopic (exact) mass is 455 g/mol. The average molecular weight is 456 g/mol. The van der Waals surface area contributed by atoms with E-state index in [4.69, 9.17) is 4.98 Å². The summed E-state index contributed by atoms with van der Waals surface area (Å²) < 4.78 is 0. The van der Waals surface area contributed by atoms with Crippen molar-refractivity contribution in [3.05, 3.63) is 78.1 Å². The van der Waals surface area contributed by atoms with Gasteiger partial charge in [0.15, 0.2) is 0 Å². The molecule has 178 valence electrons. The van der Waals surface area contributed by atoms with E-state index in [0.29, 0.717) is 5.92 Å². The molecular weight excluding hydrogens is 418 g/mol. The molecule has 5 heteroatoms. The van der Waals surface area contributed by atoms with E-state index in [2.05, 4.69) is 101 Å². The number of benzene rings is 2. The van der Waals surface area contributed by atoms with Crippen LogP contribution in [0.25, 0.3) is 0 Å². The first-order valence-electron chi connectivity index (χ1n) is 12.8. The molecule has 1 aliphatic heterocycles. The summed E-state index contributed by atoms with van der Waals surface area (Å²) in [5, 5.41) is 0. The summed E-state index contributed by atoms with van der Waals surface area (Å²) in [5.41, 5.74) is 2.74. The zero-order valence-electron chi connectivity index (χ0n) is 20.8. The summed E-state index contributed by atoms with van der Waals surface area (Å²) >= 11 is 0. The lowest BCUT2D eigenvalue weighted by Gasteiger charge is -2.53. The molecule has 1 saturated carbocycles. The maximum absolute atomic E-state index is 5.00. The molecule has 2 heterocycles. The standard InChI is InChI=1S/C29H37N5/c1-28(2)21-29(24-15-9-5-10-16-24,18-17-25(28)23-13-7-4-8-14-23)33(3)26-30-22-31-27(32-26)34-19-11-6-12-20-34/h4-5,7-10,13-16,22,25H,6,11-12,17-21H2,1-3H3. The Bertz CT molecular complexity index is 1080. The Labute approximate surface area is 204 Å². The number of piperidine rings is 1. The molecular formula is C29H37N5. The van der Waals surface area contributed by atoms with Gasteiger partial charge in [0.05, 0.1) is 5.54 Å². The van der Waals surface area contributed by atoms with Crippen molar-refractivity contribution in [2.45, 2.75) is 63.8 Å². The highest BCUT2D eigenvalue weighted by atomic mass is 15.3. The Hall–Kier alpha value is -2.95. The van der Waals surface area contributed by atoms with E-state index in [1.54, 1.807) is 6.33 Å². The molecule has 2 aliphatic rings. The summed E-state index contributed by atoms with van der Waals surface area (Å²) in [6.45, 7) is 6.93. The highest BCUT2D eigenvalue weighted by Gasteiger charge is 2.49. The highest BCUT2D eigenvalue weighted by Crippen LogP contribution is 2.55. The van der Waals surface area contributed by atoms with Crippen LogP contribution >= 0.6 is 0 Å². The zero-order valence-corrected chi connectivity index (χ0v) is 20.8. The second-order valence-electron chi connectivity index (χ2n) is 10.8. The lowest BCUT2D eigenvalue weighted by atomic mass is 9.58. The molecule has 5 nitrogen and oxygen atoms in total. The summed E-state index contributed by atoms with van der Waals surface area (Å²) in [4.78, 5) is 18.9. The van der Waals surface area contributed by atoms with E-state index >= 15 is 0 Å². The molecule has 0 spiro atoms. The predicted octanol–water partition coefficient (Wildman–Crippen LogP) is 6.19. The van der Waals surface area contributed by atoms with Crippen molar-refractivity contribution in [2.75, 3.05) is 29.9 Å². The van der Waals surface area contributed by atoms with Gasteiger partial charge in [0.2, 0.25) is 11.9 Å². The first-order chi connectivity index (χ1) is 16.5. The van der Waals surface area contributed by atoms with Gasteiger partial charge < -0.3 is 9.80 Å². The van der Waals surface area contributed by atoms with Gasteiger partial charge in [-0.25, -0.2) is 9.97 Å². The van der Waals surface area contributed by atoms with Crippen LogP contribution in [-0.4, -0.2) is 35.1 Å². The summed E-state index contributed by atoms with van der Waals surface area (Å²) in [6, 6.07) is 22.0. The maximum atomic E-state index is 5.00. The van der Waals surface area contributed by atoms with Crippen molar-refractivity contribution in [2.24, 2.45) is 5.41 Å². The Morgan fingerprint density at radius 1 is 0.882 bits per heavy atom. The Morgan fingerprint density at radius 3 is 2.24 bits per heavy atom. The Kier molecular flexibility index (Phi) is 6.28. The number of rotatable bonds is 5. The van der Waals surface area contributed by atoms with Crippen molar-refractivity contribution >= 4 is 11.9 Å². The topological polar surface area (TPSA) is 45.2 Å². The number of hydrogen-bond donors (Lipinski definition) is 0. The van der Waals surface area contributed by atoms with Crippen LogP contribution in [0.2, 0.25) is 0 Å². The first kappa shape index (κ1) is 22.8. The van der Waals surface area contributed by atoms with E-state index in [9.17, 15) is 0 Å². The number of hydrogen-bond acceptors (Lipinski definition) is 5. The normalized spacial score (nSPS) is 24.6. The van der Waals surface area contributed by atoms with E-state index in [0.717, 1.165) is 44.2 Å². The number of nitrogens with zero attached hydrogens (tertiary/aromatic N) is 5. The fraction of sp³-hybridized carbons (Fsp3) is 0.483. The summed E-state index contributed by atoms with van der Waals surface area (Å²) in [5.74, 6) is 2.12. The molecule has 2 atom stereocenters. The molecule has 3 aromatic rings. The molecule has 2 fully saturated rings. The van der Waals surface area contributed by atoms with Gasteiger partial charge in [-0.05, 0) is 61.0 Å². The third kappa shape index (κ3) is 4.28. The second kappa shape index (κ2) is 9.36. The quantitative estimate of drug-likeness (QED) is 0.459. The summed E-state index contributed by atoms with van der Waals surface area (Å²) in [6.07, 6.45) is 8.62. The number of anilines is 2. The molecule has 1 saturated heterocycles. The molecule has 1 aliphatic carbocycles. The SMILES string of the molecule is CN(c1ncnc(N2CCCCC2)n1)C1(c2ccccc2)CCC(c2ccccc2)C(C)(C)C1. The van der Waals surface area contributed by atoms with Gasteiger partial charge in [-0.1, -0.05) is 74.5 Å². The van der Waals surface area contributed by atoms with Crippen LogP contribution in [0.4, 0.5) is 11.9 Å². The minimum atomic E-state index is -0.170. The van der Waals surface area contributed by atoms with Gasteiger partial charge in [-0.15, -0.1) is 0 Å². The van der Waals surface area contributed by atoms with Gasteiger partial charge in [0, 0.05) is 20.1 Å². The molecule has 34 heavy (non-hydrogen) atoms. The fourth-order valence-corrected chi connectivity index (χ4v) is 6.40. The fourth-order valence-electron chi connectivity index (χ4n) is 6.40. The van der Waals surface area contributed by atoms with Crippen LogP contribution in [-0.2, 0) is 5.54 Å². The van der Waals surface area contributed by atoms with Crippen molar-refractivity contribution < 1.29 is 0 Å². The van der Waals surface area contributed by atoms with Gasteiger partial charge in [0.25, 0.3) is 0 Å². The van der Waals surface area contributed by atoms with Crippen molar-refractivity contribution in [3.8, 4) is 0 Å². The van der Waals surface area contributed by atoms with Crippen LogP contribution in [0.5, 0.6) is 0 Å². The van der Waals surface area contributed by atoms with Gasteiger partial charge in [-0.2, -0.15) is 4.98 Å². The van der Waals surface area contributed by atoms with Crippen molar-refractivity contribution in [1.82, 2.24) is 15.0 Å². The van der Waals surface area contributed by atoms with Crippen LogP contribution in [0.15, 0.2) is 67.0 Å². The Balaban J connectivity index is 1.51. The minimum Gasteiger partial charge on any atom is -0.341 e. The van der Waals surface area contributed by atoms with E-state index < -0.39 is 0 Å². The van der Waals surface area contributed by atoms with Crippen LogP contribution in [0, 0.1) is 5.41 Å². The average Bonchev–Trinajstić information content (AvgIpc) is 2.89. The minimum absolute atomic E-state index is 0.117. The number of aromatic nitrogens is 3. The molecule has 2 unspecified atom stereocenters. The lowest BCUT2D eigenvalue weighted by molar-refractivity contribution is 0.115. The zero-order chi connectivity index (χ0) is 23.6. The molecule has 0 amide bonds. The van der Waals surface area contributed by atoms with Gasteiger partial charge >= 0.3 is 0 Å².